The highest BCUT2D eigenvalue weighted by Crippen LogP contribution is 2.20. The van der Waals surface area contributed by atoms with Gasteiger partial charge in [0.05, 0.1) is 11.0 Å². The number of imidazole rings is 1. The van der Waals surface area contributed by atoms with Crippen LogP contribution in [0.4, 0.5) is 0 Å². The Bertz CT molecular complexity index is 994. The predicted molar refractivity (Wildman–Crippen MR) is 121 cm³/mol. The number of aromatic nitrogens is 2. The molecule has 0 aliphatic rings. The second-order valence-electron chi connectivity index (χ2n) is 7.91. The third kappa shape index (κ3) is 5.60. The molecule has 0 unspecified atom stereocenters. The molecule has 2 aromatic carbocycles. The first-order valence-corrected chi connectivity index (χ1v) is 10.5. The molecule has 6 nitrogen and oxygen atoms in total. The maximum absolute atomic E-state index is 12.2. The van der Waals surface area contributed by atoms with Crippen LogP contribution in [0, 0.1) is 13.8 Å². The Morgan fingerprint density at radius 3 is 2.73 bits per heavy atom. The van der Waals surface area contributed by atoms with Crippen LogP contribution in [0.1, 0.15) is 23.4 Å². The molecule has 0 fully saturated rings. The van der Waals surface area contributed by atoms with Crippen molar-refractivity contribution in [2.45, 2.75) is 33.2 Å². The Hall–Kier alpha value is -2.86. The molecule has 30 heavy (non-hydrogen) atoms. The molecule has 0 saturated carbocycles. The molecule has 1 N–H and O–H groups in total. The number of aryl methyl sites for hydroxylation is 2. The Morgan fingerprint density at radius 2 is 1.93 bits per heavy atom. The maximum atomic E-state index is 12.2. The highest BCUT2D eigenvalue weighted by molar-refractivity contribution is 5.78. The van der Waals surface area contributed by atoms with Gasteiger partial charge in [-0.2, -0.15) is 0 Å². The third-order valence-corrected chi connectivity index (χ3v) is 5.31. The average molecular weight is 409 g/mol. The zero-order valence-corrected chi connectivity index (χ0v) is 18.4. The van der Waals surface area contributed by atoms with Gasteiger partial charge in [-0.05, 0) is 70.2 Å². The summed E-state index contributed by atoms with van der Waals surface area (Å²) < 4.78 is 7.97. The molecule has 6 heteroatoms. The minimum atomic E-state index is -0.119. The summed E-state index contributed by atoms with van der Waals surface area (Å²) in [5.41, 5.74) is 4.37. The molecular formula is C24H32N4O2. The smallest absolute Gasteiger partial charge is 0.257 e. The molecule has 0 aliphatic carbocycles. The molecule has 160 valence electrons. The first-order chi connectivity index (χ1) is 14.5. The molecule has 3 aromatic rings. The lowest BCUT2D eigenvalue weighted by Gasteiger charge is -2.13. The predicted octanol–water partition coefficient (Wildman–Crippen LogP) is 3.34. The van der Waals surface area contributed by atoms with Crippen LogP contribution in [0.3, 0.4) is 0 Å². The Labute approximate surface area is 178 Å². The van der Waals surface area contributed by atoms with Gasteiger partial charge in [-0.25, -0.2) is 4.98 Å². The van der Waals surface area contributed by atoms with E-state index in [1.165, 1.54) is 0 Å². The van der Waals surface area contributed by atoms with Crippen molar-refractivity contribution in [1.82, 2.24) is 19.8 Å². The fourth-order valence-corrected chi connectivity index (χ4v) is 3.50. The van der Waals surface area contributed by atoms with Crippen molar-refractivity contribution in [3.63, 3.8) is 0 Å². The largest absolute Gasteiger partial charge is 0.483 e. The number of nitrogens with zero attached hydrogens (tertiary/aromatic N) is 3. The summed E-state index contributed by atoms with van der Waals surface area (Å²) in [5.74, 6) is 1.64. The number of carbonyl (C=O) groups is 1. The molecule has 0 spiro atoms. The van der Waals surface area contributed by atoms with Crippen LogP contribution in [0.15, 0.2) is 42.5 Å². The summed E-state index contributed by atoms with van der Waals surface area (Å²) in [7, 11) is 4.17. The van der Waals surface area contributed by atoms with Crippen LogP contribution >= 0.6 is 0 Å². The lowest BCUT2D eigenvalue weighted by Crippen LogP contribution is -2.31. The number of ether oxygens (including phenoxy) is 1. The monoisotopic (exact) mass is 408 g/mol. The molecule has 0 saturated heterocycles. The second kappa shape index (κ2) is 10.3. The molecule has 1 amide bonds. The van der Waals surface area contributed by atoms with Gasteiger partial charge in [-0.3, -0.25) is 4.79 Å². The van der Waals surface area contributed by atoms with E-state index in [4.69, 9.17) is 9.72 Å². The van der Waals surface area contributed by atoms with Crippen molar-refractivity contribution in [3.05, 3.63) is 59.4 Å². The summed E-state index contributed by atoms with van der Waals surface area (Å²) in [6, 6.07) is 14.1. The first-order valence-electron chi connectivity index (χ1n) is 10.5. The van der Waals surface area contributed by atoms with E-state index in [2.05, 4.69) is 34.9 Å². The van der Waals surface area contributed by atoms with E-state index >= 15 is 0 Å². The van der Waals surface area contributed by atoms with Crippen LogP contribution in [-0.2, 0) is 17.8 Å². The zero-order chi connectivity index (χ0) is 21.5. The summed E-state index contributed by atoms with van der Waals surface area (Å²) in [6.07, 6.45) is 1.74. The van der Waals surface area contributed by atoms with Gasteiger partial charge < -0.3 is 19.5 Å². The van der Waals surface area contributed by atoms with E-state index < -0.39 is 0 Å². The van der Waals surface area contributed by atoms with Crippen molar-refractivity contribution in [2.75, 3.05) is 33.8 Å². The summed E-state index contributed by atoms with van der Waals surface area (Å²) in [6.45, 7) is 6.53. The Kier molecular flexibility index (Phi) is 7.46. The minimum absolute atomic E-state index is 0.0174. The topological polar surface area (TPSA) is 59.4 Å². The zero-order valence-electron chi connectivity index (χ0n) is 18.4. The fourth-order valence-electron chi connectivity index (χ4n) is 3.50. The van der Waals surface area contributed by atoms with E-state index in [1.54, 1.807) is 0 Å². The number of benzene rings is 2. The van der Waals surface area contributed by atoms with Crippen molar-refractivity contribution in [3.8, 4) is 5.75 Å². The summed E-state index contributed by atoms with van der Waals surface area (Å²) in [5, 5.41) is 2.96. The highest BCUT2D eigenvalue weighted by Gasteiger charge is 2.11. The molecular weight excluding hydrogens is 376 g/mol. The number of fused-ring (bicyclic) bond motifs is 1. The lowest BCUT2D eigenvalue weighted by atomic mass is 10.1. The third-order valence-electron chi connectivity index (χ3n) is 5.31. The Morgan fingerprint density at radius 1 is 1.13 bits per heavy atom. The number of hydrogen-bond donors (Lipinski definition) is 1. The van der Waals surface area contributed by atoms with E-state index in [0.717, 1.165) is 53.2 Å². The number of hydrogen-bond acceptors (Lipinski definition) is 4. The van der Waals surface area contributed by atoms with Gasteiger partial charge in [0.1, 0.15) is 11.6 Å². The quantitative estimate of drug-likeness (QED) is 0.559. The number of carbonyl (C=O) groups excluding carboxylic acids is 1. The normalized spacial score (nSPS) is 11.2. The molecule has 0 atom stereocenters. The van der Waals surface area contributed by atoms with Gasteiger partial charge in [0.2, 0.25) is 0 Å². The first kappa shape index (κ1) is 21.8. The number of rotatable bonds is 10. The molecule has 3 rings (SSSR count). The van der Waals surface area contributed by atoms with Crippen LogP contribution in [-0.4, -0.2) is 54.1 Å². The van der Waals surface area contributed by atoms with Crippen LogP contribution < -0.4 is 10.1 Å². The molecule has 1 heterocycles. The lowest BCUT2D eigenvalue weighted by molar-refractivity contribution is -0.123. The van der Waals surface area contributed by atoms with E-state index in [-0.39, 0.29) is 12.5 Å². The van der Waals surface area contributed by atoms with Crippen molar-refractivity contribution in [2.24, 2.45) is 0 Å². The summed E-state index contributed by atoms with van der Waals surface area (Å²) in [4.78, 5) is 19.2. The van der Waals surface area contributed by atoms with Crippen molar-refractivity contribution < 1.29 is 9.53 Å². The van der Waals surface area contributed by atoms with Gasteiger partial charge in [0.15, 0.2) is 6.61 Å². The molecule has 1 aromatic heterocycles. The number of para-hydroxylation sites is 2. The second-order valence-corrected chi connectivity index (χ2v) is 7.91. The van der Waals surface area contributed by atoms with Crippen LogP contribution in [0.2, 0.25) is 0 Å². The van der Waals surface area contributed by atoms with E-state index in [1.807, 2.05) is 50.2 Å². The van der Waals surface area contributed by atoms with Gasteiger partial charge in [0, 0.05) is 19.5 Å². The van der Waals surface area contributed by atoms with Gasteiger partial charge >= 0.3 is 0 Å². The Balaban J connectivity index is 1.56. The maximum Gasteiger partial charge on any atom is 0.257 e. The average Bonchev–Trinajstić information content (AvgIpc) is 3.06. The van der Waals surface area contributed by atoms with Crippen LogP contribution in [0.25, 0.3) is 11.0 Å². The van der Waals surface area contributed by atoms with Gasteiger partial charge in [-0.15, -0.1) is 0 Å². The van der Waals surface area contributed by atoms with E-state index in [9.17, 15) is 4.79 Å². The molecule has 0 bridgehead atoms. The summed E-state index contributed by atoms with van der Waals surface area (Å²) >= 11 is 0. The molecule has 0 radical (unpaired) electrons. The van der Waals surface area contributed by atoms with Gasteiger partial charge in [-0.1, -0.05) is 24.3 Å². The van der Waals surface area contributed by atoms with Gasteiger partial charge in [0.25, 0.3) is 5.91 Å². The number of amides is 1. The number of nitrogens with one attached hydrogen (secondary N) is 1. The SMILES string of the molecule is Cc1cccc(OCC(=O)NCCc2nc3ccccc3n2CCCN(C)C)c1C. The molecule has 0 aliphatic heterocycles. The standard InChI is InChI=1S/C24H32N4O2/c1-18-9-7-12-22(19(18)2)30-17-24(29)25-14-13-23-26-20-10-5-6-11-21(20)28(23)16-8-15-27(3)4/h5-7,9-12H,8,13-17H2,1-4H3,(H,25,29). The highest BCUT2D eigenvalue weighted by atomic mass is 16.5. The van der Waals surface area contributed by atoms with Crippen molar-refractivity contribution in [1.29, 1.82) is 0 Å². The van der Waals surface area contributed by atoms with Crippen LogP contribution in [0.5, 0.6) is 5.75 Å². The fraction of sp³-hybridized carbons (Fsp3) is 0.417. The van der Waals surface area contributed by atoms with E-state index in [0.29, 0.717) is 13.0 Å². The van der Waals surface area contributed by atoms with Crippen molar-refractivity contribution >= 4 is 16.9 Å². The minimum Gasteiger partial charge on any atom is -0.483 e.